The van der Waals surface area contributed by atoms with Gasteiger partial charge < -0.3 is 20.1 Å². The van der Waals surface area contributed by atoms with Crippen LogP contribution in [-0.4, -0.2) is 47.2 Å². The van der Waals surface area contributed by atoms with E-state index in [0.717, 1.165) is 16.7 Å². The summed E-state index contributed by atoms with van der Waals surface area (Å²) in [6.45, 7) is 1.40. The van der Waals surface area contributed by atoms with Crippen molar-refractivity contribution in [2.75, 3.05) is 25.5 Å². The van der Waals surface area contributed by atoms with Crippen molar-refractivity contribution in [2.24, 2.45) is 0 Å². The van der Waals surface area contributed by atoms with Crippen LogP contribution in [0.3, 0.4) is 0 Å². The minimum atomic E-state index is -0.606. The fraction of sp³-hybridized carbons (Fsp3) is 0.231. The molecule has 0 unspecified atom stereocenters. The number of aliphatic hydroxyl groups excluding tert-OH is 1. The van der Waals surface area contributed by atoms with E-state index in [9.17, 15) is 19.6 Å². The summed E-state index contributed by atoms with van der Waals surface area (Å²) in [5.41, 5.74) is 4.29. The van der Waals surface area contributed by atoms with Crippen LogP contribution in [0, 0.1) is 15.9 Å². The number of likely N-dealkylation sites (N-methyl/N-ethyl adjacent to an activating group) is 1. The quantitative estimate of drug-likeness (QED) is 0.445. The molecule has 5 rings (SSSR count). The lowest BCUT2D eigenvalue weighted by Gasteiger charge is -2.17. The molecular formula is C26H24FN3O4. The van der Waals surface area contributed by atoms with Gasteiger partial charge in [-0.1, -0.05) is 30.3 Å². The van der Waals surface area contributed by atoms with Crippen LogP contribution in [-0.2, 0) is 6.61 Å². The fourth-order valence-corrected chi connectivity index (χ4v) is 4.60. The zero-order chi connectivity index (χ0) is 23.8. The third-order valence-electron chi connectivity index (χ3n) is 6.27. The molecule has 2 heterocycles. The van der Waals surface area contributed by atoms with E-state index in [2.05, 4.69) is 5.32 Å². The van der Waals surface area contributed by atoms with Crippen molar-refractivity contribution < 1.29 is 19.2 Å². The second-order valence-electron chi connectivity index (χ2n) is 8.72. The lowest BCUT2D eigenvalue weighted by molar-refractivity contribution is -0.384. The van der Waals surface area contributed by atoms with Crippen LogP contribution < -0.4 is 10.1 Å². The Kier molecular flexibility index (Phi) is 5.77. The Morgan fingerprint density at radius 2 is 1.97 bits per heavy atom. The van der Waals surface area contributed by atoms with Crippen molar-refractivity contribution in [2.45, 2.75) is 18.8 Å². The first kappa shape index (κ1) is 22.1. The first-order valence-corrected chi connectivity index (χ1v) is 11.0. The first-order chi connectivity index (χ1) is 16.4. The molecule has 2 aliphatic rings. The summed E-state index contributed by atoms with van der Waals surface area (Å²) in [5, 5.41) is 25.3. The number of halogens is 1. The third-order valence-corrected chi connectivity index (χ3v) is 6.27. The molecule has 1 fully saturated rings. The van der Waals surface area contributed by atoms with E-state index in [1.165, 1.54) is 18.2 Å². The molecule has 1 saturated heterocycles. The number of rotatable bonds is 4. The van der Waals surface area contributed by atoms with E-state index >= 15 is 0 Å². The molecule has 0 amide bonds. The zero-order valence-electron chi connectivity index (χ0n) is 18.6. The minimum absolute atomic E-state index is 0.0754. The number of hydrogen-bond acceptors (Lipinski definition) is 6. The number of likely N-dealkylation sites (tertiary alicyclic amines) is 1. The maximum Gasteiger partial charge on any atom is 0.292 e. The number of nitrogens with zero attached hydrogens (tertiary/aromatic N) is 2. The van der Waals surface area contributed by atoms with Gasteiger partial charge in [0.05, 0.1) is 17.1 Å². The Labute approximate surface area is 196 Å². The highest BCUT2D eigenvalue weighted by atomic mass is 19.1. The van der Waals surface area contributed by atoms with E-state index < -0.39 is 16.8 Å². The van der Waals surface area contributed by atoms with Crippen LogP contribution >= 0.6 is 0 Å². The van der Waals surface area contributed by atoms with Crippen LogP contribution in [0.15, 0.2) is 60.7 Å². The summed E-state index contributed by atoms with van der Waals surface area (Å²) in [6, 6.07) is 16.8. The van der Waals surface area contributed by atoms with Gasteiger partial charge in [-0.25, -0.2) is 4.39 Å². The Hall–Kier alpha value is -3.75. The van der Waals surface area contributed by atoms with Crippen LogP contribution in [0.25, 0.3) is 11.6 Å². The number of aliphatic hydroxyl groups is 1. The van der Waals surface area contributed by atoms with Crippen molar-refractivity contribution in [3.05, 3.63) is 98.8 Å². The first-order valence-electron chi connectivity index (χ1n) is 11.0. The number of nitrogens with one attached hydrogen (secondary N) is 1. The maximum absolute atomic E-state index is 13.9. The van der Waals surface area contributed by atoms with E-state index in [4.69, 9.17) is 4.74 Å². The monoisotopic (exact) mass is 461 g/mol. The predicted octanol–water partition coefficient (Wildman–Crippen LogP) is 4.30. The number of nitro groups is 1. The lowest BCUT2D eigenvalue weighted by Crippen LogP contribution is -2.32. The van der Waals surface area contributed by atoms with Gasteiger partial charge >= 0.3 is 0 Å². The maximum atomic E-state index is 13.9. The predicted molar refractivity (Wildman–Crippen MR) is 128 cm³/mol. The van der Waals surface area contributed by atoms with Gasteiger partial charge in [0.2, 0.25) is 0 Å². The molecule has 2 N–H and O–H groups in total. The topological polar surface area (TPSA) is 87.9 Å². The number of hydrogen-bond donors (Lipinski definition) is 2. The summed E-state index contributed by atoms with van der Waals surface area (Å²) < 4.78 is 19.8. The van der Waals surface area contributed by atoms with Gasteiger partial charge in [0, 0.05) is 30.8 Å². The third kappa shape index (κ3) is 4.25. The van der Waals surface area contributed by atoms with Crippen LogP contribution in [0.5, 0.6) is 5.75 Å². The molecule has 8 heteroatoms. The summed E-state index contributed by atoms with van der Waals surface area (Å²) in [7, 11) is 1.90. The molecule has 174 valence electrons. The smallest absolute Gasteiger partial charge is 0.292 e. The molecule has 0 bridgehead atoms. The van der Waals surface area contributed by atoms with Crippen molar-refractivity contribution in [3.8, 4) is 5.75 Å². The van der Waals surface area contributed by atoms with Crippen molar-refractivity contribution in [1.29, 1.82) is 0 Å². The van der Waals surface area contributed by atoms with Gasteiger partial charge in [-0.15, -0.1) is 0 Å². The highest BCUT2D eigenvalue weighted by molar-refractivity contribution is 5.95. The van der Waals surface area contributed by atoms with Crippen LogP contribution in [0.2, 0.25) is 0 Å². The Morgan fingerprint density at radius 1 is 1.15 bits per heavy atom. The second kappa shape index (κ2) is 8.89. The van der Waals surface area contributed by atoms with E-state index in [-0.39, 0.29) is 11.7 Å². The number of ether oxygens (including phenoxy) is 1. The average molecular weight is 461 g/mol. The van der Waals surface area contributed by atoms with Crippen molar-refractivity contribution in [1.82, 2.24) is 4.90 Å². The summed E-state index contributed by atoms with van der Waals surface area (Å²) >= 11 is 0. The lowest BCUT2D eigenvalue weighted by atomic mass is 9.92. The summed E-state index contributed by atoms with van der Waals surface area (Å²) in [5.74, 6) is 0.0319. The normalized spacial score (nSPS) is 20.9. The van der Waals surface area contributed by atoms with E-state index in [0.29, 0.717) is 42.3 Å². The molecule has 0 aliphatic carbocycles. The Balaban J connectivity index is 1.58. The largest absolute Gasteiger partial charge is 0.488 e. The molecule has 3 aromatic rings. The van der Waals surface area contributed by atoms with Crippen molar-refractivity contribution >= 4 is 23.0 Å². The van der Waals surface area contributed by atoms with Gasteiger partial charge in [0.15, 0.2) is 0 Å². The number of fused-ring (bicyclic) bond motifs is 2. The van der Waals surface area contributed by atoms with Gasteiger partial charge in [-0.05, 0) is 53.6 Å². The molecular weight excluding hydrogens is 437 g/mol. The van der Waals surface area contributed by atoms with Gasteiger partial charge in [0.1, 0.15) is 23.9 Å². The van der Waals surface area contributed by atoms with Crippen LogP contribution in [0.4, 0.5) is 15.8 Å². The number of benzene rings is 3. The minimum Gasteiger partial charge on any atom is -0.488 e. The number of β-amino-alcohol motifs (C(OH)–C–C–N with tert-alkyl or cyclic N) is 1. The van der Waals surface area contributed by atoms with Gasteiger partial charge in [0.25, 0.3) is 5.69 Å². The standard InChI is InChI=1S/C26H24FN3O4/c1-29-13-23(25(31)14-29)28-22-9-6-16(11-24(22)30(32)33)10-21-19-5-3-2-4-17(19)15-34-26-12-18(27)7-8-20(21)26/h2-12,23,25,28,31H,13-15H2,1H3/b21-10+/t23-,25-/m0/s1. The molecule has 3 aromatic carbocycles. The molecule has 0 saturated carbocycles. The van der Waals surface area contributed by atoms with Gasteiger partial charge in [-0.3, -0.25) is 10.1 Å². The Morgan fingerprint density at radius 3 is 2.74 bits per heavy atom. The number of nitro benzene ring substituents is 1. The van der Waals surface area contributed by atoms with E-state index in [1.807, 2.05) is 42.3 Å². The molecule has 0 radical (unpaired) electrons. The molecule has 2 aliphatic heterocycles. The SMILES string of the molecule is CN1C[C@H](Nc2ccc(/C=C3\c4ccccc4COc4cc(F)ccc43)cc2[N+](=O)[O-])[C@@H](O)C1. The highest BCUT2D eigenvalue weighted by Gasteiger charge is 2.30. The van der Waals surface area contributed by atoms with Gasteiger partial charge in [-0.2, -0.15) is 0 Å². The average Bonchev–Trinajstić information content (AvgIpc) is 3.05. The molecule has 2 atom stereocenters. The van der Waals surface area contributed by atoms with E-state index in [1.54, 1.807) is 18.2 Å². The highest BCUT2D eigenvalue weighted by Crippen LogP contribution is 2.39. The molecule has 0 spiro atoms. The number of anilines is 1. The molecule has 0 aromatic heterocycles. The molecule has 34 heavy (non-hydrogen) atoms. The Bertz CT molecular complexity index is 1290. The summed E-state index contributed by atoms with van der Waals surface area (Å²) in [4.78, 5) is 13.4. The fourth-order valence-electron chi connectivity index (χ4n) is 4.60. The molecule has 7 nitrogen and oxygen atoms in total. The zero-order valence-corrected chi connectivity index (χ0v) is 18.6. The second-order valence-corrected chi connectivity index (χ2v) is 8.72. The summed E-state index contributed by atoms with van der Waals surface area (Å²) in [6.07, 6.45) is 1.25. The van der Waals surface area contributed by atoms with Crippen molar-refractivity contribution in [3.63, 3.8) is 0 Å². The van der Waals surface area contributed by atoms with Crippen LogP contribution in [0.1, 0.15) is 22.3 Å².